The number of rotatable bonds is 5. The van der Waals surface area contributed by atoms with Crippen molar-refractivity contribution in [3.63, 3.8) is 0 Å². The maximum atomic E-state index is 12.0. The summed E-state index contributed by atoms with van der Waals surface area (Å²) in [5.41, 5.74) is 1.23. The Morgan fingerprint density at radius 3 is 2.05 bits per heavy atom. The van der Waals surface area contributed by atoms with Gasteiger partial charge in [0.1, 0.15) is 6.61 Å². The first-order valence-electron chi connectivity index (χ1n) is 6.17. The molecule has 2 rings (SSSR count). The van der Waals surface area contributed by atoms with E-state index in [1.54, 1.807) is 30.3 Å². The van der Waals surface area contributed by atoms with E-state index in [0.29, 0.717) is 5.56 Å². The first-order valence-corrected chi connectivity index (χ1v) is 6.17. The molecule has 0 saturated carbocycles. The van der Waals surface area contributed by atoms with Gasteiger partial charge in [0.25, 0.3) is 0 Å². The highest BCUT2D eigenvalue weighted by atomic mass is 16.5. The number of hydrogen-bond acceptors (Lipinski definition) is 3. The van der Waals surface area contributed by atoms with Crippen molar-refractivity contribution >= 4 is 11.9 Å². The Balaban J connectivity index is 2.07. The molecule has 0 aliphatic carbocycles. The molecule has 102 valence electrons. The van der Waals surface area contributed by atoms with Crippen LogP contribution in [0.3, 0.4) is 0 Å². The Kier molecular flexibility index (Phi) is 4.50. The van der Waals surface area contributed by atoms with Gasteiger partial charge < -0.3 is 9.84 Å². The molecule has 4 heteroatoms. The zero-order chi connectivity index (χ0) is 14.4. The molecule has 0 spiro atoms. The van der Waals surface area contributed by atoms with Crippen molar-refractivity contribution < 1.29 is 19.4 Å². The van der Waals surface area contributed by atoms with Crippen LogP contribution in [0.25, 0.3) is 0 Å². The predicted octanol–water partition coefficient (Wildman–Crippen LogP) is 2.60. The summed E-state index contributed by atoms with van der Waals surface area (Å²) in [4.78, 5) is 23.2. The van der Waals surface area contributed by atoms with Crippen molar-refractivity contribution in [3.05, 3.63) is 71.8 Å². The van der Waals surface area contributed by atoms with Crippen molar-refractivity contribution in [2.75, 3.05) is 0 Å². The minimum absolute atomic E-state index is 0.0658. The highest BCUT2D eigenvalue weighted by molar-refractivity contribution is 5.99. The number of carboxylic acid groups (broad SMARTS) is 1. The first-order chi connectivity index (χ1) is 9.68. The molecular weight excluding hydrogens is 256 g/mol. The Hall–Kier alpha value is -2.62. The highest BCUT2D eigenvalue weighted by Crippen LogP contribution is 2.18. The number of carbonyl (C=O) groups excluding carboxylic acids is 1. The first kappa shape index (κ1) is 13.8. The molecule has 1 atom stereocenters. The van der Waals surface area contributed by atoms with E-state index in [1.807, 2.05) is 30.3 Å². The van der Waals surface area contributed by atoms with E-state index >= 15 is 0 Å². The fraction of sp³-hybridized carbons (Fsp3) is 0.125. The minimum atomic E-state index is -1.29. The second-order valence-electron chi connectivity index (χ2n) is 4.28. The molecule has 20 heavy (non-hydrogen) atoms. The molecular formula is C16H14O4. The van der Waals surface area contributed by atoms with Gasteiger partial charge in [-0.25, -0.2) is 0 Å². The van der Waals surface area contributed by atoms with Crippen LogP contribution in [-0.2, 0) is 20.9 Å². The van der Waals surface area contributed by atoms with Crippen LogP contribution >= 0.6 is 0 Å². The van der Waals surface area contributed by atoms with E-state index < -0.39 is 17.9 Å². The third-order valence-corrected chi connectivity index (χ3v) is 2.84. The second-order valence-corrected chi connectivity index (χ2v) is 4.28. The molecule has 0 aromatic heterocycles. The van der Waals surface area contributed by atoms with Gasteiger partial charge in [-0.2, -0.15) is 0 Å². The van der Waals surface area contributed by atoms with E-state index in [9.17, 15) is 14.7 Å². The van der Waals surface area contributed by atoms with Crippen LogP contribution in [0.15, 0.2) is 60.7 Å². The van der Waals surface area contributed by atoms with E-state index in [0.717, 1.165) is 5.56 Å². The number of carboxylic acids is 1. The number of benzene rings is 2. The Bertz CT molecular complexity index is 578. The molecule has 1 unspecified atom stereocenters. The maximum absolute atomic E-state index is 12.0. The molecule has 0 fully saturated rings. The van der Waals surface area contributed by atoms with Crippen molar-refractivity contribution in [1.82, 2.24) is 0 Å². The maximum Gasteiger partial charge on any atom is 0.325 e. The molecule has 0 aliphatic heterocycles. The van der Waals surface area contributed by atoms with E-state index in [1.165, 1.54) is 0 Å². The van der Waals surface area contributed by atoms with E-state index in [4.69, 9.17) is 4.74 Å². The zero-order valence-corrected chi connectivity index (χ0v) is 10.7. The third kappa shape index (κ3) is 3.45. The topological polar surface area (TPSA) is 63.6 Å². The van der Waals surface area contributed by atoms with Crippen LogP contribution in [0.4, 0.5) is 0 Å². The van der Waals surface area contributed by atoms with Crippen molar-refractivity contribution in [2.24, 2.45) is 0 Å². The average Bonchev–Trinajstić information content (AvgIpc) is 2.47. The fourth-order valence-electron chi connectivity index (χ4n) is 1.84. The summed E-state index contributed by atoms with van der Waals surface area (Å²) in [6.07, 6.45) is 0. The molecule has 0 bridgehead atoms. The SMILES string of the molecule is O=C(O)C(C(=O)OCc1ccccc1)c1ccccc1. The summed E-state index contributed by atoms with van der Waals surface area (Å²) >= 11 is 0. The molecule has 0 heterocycles. The molecule has 2 aromatic rings. The molecule has 0 radical (unpaired) electrons. The third-order valence-electron chi connectivity index (χ3n) is 2.84. The molecule has 4 nitrogen and oxygen atoms in total. The van der Waals surface area contributed by atoms with Crippen LogP contribution in [-0.4, -0.2) is 17.0 Å². The van der Waals surface area contributed by atoms with Crippen LogP contribution in [0.1, 0.15) is 17.0 Å². The minimum Gasteiger partial charge on any atom is -0.480 e. The number of esters is 1. The average molecular weight is 270 g/mol. The lowest BCUT2D eigenvalue weighted by molar-refractivity contribution is -0.155. The largest absolute Gasteiger partial charge is 0.480 e. The molecule has 0 amide bonds. The normalized spacial score (nSPS) is 11.6. The van der Waals surface area contributed by atoms with Gasteiger partial charge in [-0.3, -0.25) is 9.59 Å². The standard InChI is InChI=1S/C16H14O4/c17-15(18)14(13-9-5-2-6-10-13)16(19)20-11-12-7-3-1-4-8-12/h1-10,14H,11H2,(H,17,18). The van der Waals surface area contributed by atoms with Gasteiger partial charge in [0.2, 0.25) is 0 Å². The lowest BCUT2D eigenvalue weighted by Gasteiger charge is -2.12. The monoisotopic (exact) mass is 270 g/mol. The number of hydrogen-bond donors (Lipinski definition) is 1. The number of ether oxygens (including phenoxy) is 1. The van der Waals surface area contributed by atoms with Crippen molar-refractivity contribution in [1.29, 1.82) is 0 Å². The van der Waals surface area contributed by atoms with Gasteiger partial charge in [0, 0.05) is 0 Å². The zero-order valence-electron chi connectivity index (χ0n) is 10.7. The molecule has 0 aliphatic rings. The lowest BCUT2D eigenvalue weighted by atomic mass is 10.00. The summed E-state index contributed by atoms with van der Waals surface area (Å²) in [6.45, 7) is 0.0658. The van der Waals surface area contributed by atoms with Gasteiger partial charge in [-0.1, -0.05) is 60.7 Å². The van der Waals surface area contributed by atoms with Gasteiger partial charge in [-0.15, -0.1) is 0 Å². The van der Waals surface area contributed by atoms with Gasteiger partial charge in [-0.05, 0) is 11.1 Å². The predicted molar refractivity (Wildman–Crippen MR) is 73.1 cm³/mol. The quantitative estimate of drug-likeness (QED) is 0.670. The number of aliphatic carboxylic acids is 1. The van der Waals surface area contributed by atoms with Crippen molar-refractivity contribution in [2.45, 2.75) is 12.5 Å². The summed E-state index contributed by atoms with van der Waals surface area (Å²) in [5.74, 6) is -3.26. The number of carbonyl (C=O) groups is 2. The molecule has 1 N–H and O–H groups in total. The highest BCUT2D eigenvalue weighted by Gasteiger charge is 2.29. The summed E-state index contributed by atoms with van der Waals surface area (Å²) in [7, 11) is 0. The van der Waals surface area contributed by atoms with Crippen molar-refractivity contribution in [3.8, 4) is 0 Å². The van der Waals surface area contributed by atoms with E-state index in [2.05, 4.69) is 0 Å². The van der Waals surface area contributed by atoms with Gasteiger partial charge in [0.15, 0.2) is 5.92 Å². The Labute approximate surface area is 116 Å². The summed E-state index contributed by atoms with van der Waals surface area (Å²) in [6, 6.07) is 17.5. The van der Waals surface area contributed by atoms with Gasteiger partial charge >= 0.3 is 11.9 Å². The van der Waals surface area contributed by atoms with Crippen LogP contribution in [0.5, 0.6) is 0 Å². The summed E-state index contributed by atoms with van der Waals surface area (Å²) < 4.78 is 5.09. The fourth-order valence-corrected chi connectivity index (χ4v) is 1.84. The van der Waals surface area contributed by atoms with Gasteiger partial charge in [0.05, 0.1) is 0 Å². The smallest absolute Gasteiger partial charge is 0.325 e. The molecule has 0 saturated heterocycles. The Morgan fingerprint density at radius 1 is 0.950 bits per heavy atom. The molecule has 2 aromatic carbocycles. The lowest BCUT2D eigenvalue weighted by Crippen LogP contribution is -2.23. The van der Waals surface area contributed by atoms with Crippen LogP contribution in [0.2, 0.25) is 0 Å². The van der Waals surface area contributed by atoms with Crippen LogP contribution in [0, 0.1) is 0 Å². The van der Waals surface area contributed by atoms with Crippen LogP contribution < -0.4 is 0 Å². The Morgan fingerprint density at radius 2 is 1.50 bits per heavy atom. The second kappa shape index (κ2) is 6.52. The summed E-state index contributed by atoms with van der Waals surface area (Å²) in [5, 5.41) is 9.19. The van der Waals surface area contributed by atoms with E-state index in [-0.39, 0.29) is 6.61 Å².